The minimum absolute atomic E-state index is 0.0456. The van der Waals surface area contributed by atoms with E-state index in [1.807, 2.05) is 19.1 Å². The smallest absolute Gasteiger partial charge is 0.181 e. The van der Waals surface area contributed by atoms with Crippen LogP contribution in [0, 0.1) is 5.82 Å². The van der Waals surface area contributed by atoms with Crippen molar-refractivity contribution >= 4 is 27.5 Å². The highest BCUT2D eigenvalue weighted by Gasteiger charge is 2.34. The Labute approximate surface area is 165 Å². The molecule has 0 aliphatic heterocycles. The van der Waals surface area contributed by atoms with E-state index in [9.17, 15) is 0 Å². The third-order valence-electron chi connectivity index (χ3n) is 4.23. The van der Waals surface area contributed by atoms with Crippen LogP contribution < -0.4 is 10.5 Å². The van der Waals surface area contributed by atoms with Crippen molar-refractivity contribution in [1.29, 1.82) is 0 Å². The van der Waals surface area contributed by atoms with Crippen LogP contribution in [0.5, 0.6) is 11.5 Å². The van der Waals surface area contributed by atoms with Crippen molar-refractivity contribution in [3.63, 3.8) is 0 Å². The molecule has 0 aliphatic rings. The fourth-order valence-electron chi connectivity index (χ4n) is 2.73. The first-order chi connectivity index (χ1) is 12.5. The molecule has 2 aromatic carbocycles. The van der Waals surface area contributed by atoms with E-state index in [4.69, 9.17) is 22.1 Å². The highest BCUT2D eigenvalue weighted by atomic mass is 79.9. The van der Waals surface area contributed by atoms with Crippen LogP contribution in [-0.2, 0) is 5.54 Å². The first-order valence-electron chi connectivity index (χ1n) is 8.08. The van der Waals surface area contributed by atoms with Crippen LogP contribution >= 0.6 is 27.5 Å². The Balaban J connectivity index is 2.09. The zero-order valence-electron chi connectivity index (χ0n) is 14.0. The van der Waals surface area contributed by atoms with E-state index >= 15 is 4.39 Å². The molecule has 0 spiro atoms. The topological polar surface area (TPSA) is 48.1 Å². The number of ether oxygens (including phenoxy) is 1. The minimum Gasteiger partial charge on any atom is -0.453 e. The van der Waals surface area contributed by atoms with Crippen molar-refractivity contribution in [3.8, 4) is 11.5 Å². The van der Waals surface area contributed by atoms with Gasteiger partial charge >= 0.3 is 0 Å². The highest BCUT2D eigenvalue weighted by molar-refractivity contribution is 9.10. The largest absolute Gasteiger partial charge is 0.453 e. The summed E-state index contributed by atoms with van der Waals surface area (Å²) >= 11 is 9.53. The Kier molecular flexibility index (Phi) is 5.61. The number of rotatable bonds is 5. The maximum atomic E-state index is 15.3. The first-order valence-corrected chi connectivity index (χ1v) is 9.25. The van der Waals surface area contributed by atoms with E-state index in [1.54, 1.807) is 48.7 Å². The molecule has 3 rings (SSSR count). The maximum absolute atomic E-state index is 15.3. The number of benzene rings is 2. The van der Waals surface area contributed by atoms with Gasteiger partial charge in [0.2, 0.25) is 0 Å². The van der Waals surface area contributed by atoms with Gasteiger partial charge in [-0.25, -0.2) is 4.39 Å². The lowest BCUT2D eigenvalue weighted by atomic mass is 9.84. The Morgan fingerprint density at radius 1 is 1.15 bits per heavy atom. The lowest BCUT2D eigenvalue weighted by molar-refractivity contribution is 0.415. The summed E-state index contributed by atoms with van der Waals surface area (Å²) in [5.41, 5.74) is 6.33. The Bertz CT molecular complexity index is 906. The number of nitrogens with two attached hydrogens (primary N) is 1. The first kappa shape index (κ1) is 18.8. The normalized spacial score (nSPS) is 13.3. The van der Waals surface area contributed by atoms with Gasteiger partial charge in [0.15, 0.2) is 11.6 Å². The molecule has 3 aromatic rings. The fourth-order valence-corrected chi connectivity index (χ4v) is 3.15. The molecule has 0 radical (unpaired) electrons. The molecule has 0 saturated heterocycles. The van der Waals surface area contributed by atoms with Gasteiger partial charge in [-0.15, -0.1) is 0 Å². The molecule has 3 nitrogen and oxygen atoms in total. The van der Waals surface area contributed by atoms with Crippen LogP contribution in [0.2, 0.25) is 5.02 Å². The van der Waals surface area contributed by atoms with Crippen molar-refractivity contribution in [2.75, 3.05) is 0 Å². The Hall–Kier alpha value is -1.95. The molecule has 0 saturated carbocycles. The molecule has 0 aliphatic carbocycles. The third-order valence-corrected chi connectivity index (χ3v) is 5.00. The highest BCUT2D eigenvalue weighted by Crippen LogP contribution is 2.39. The van der Waals surface area contributed by atoms with E-state index in [1.165, 1.54) is 0 Å². The van der Waals surface area contributed by atoms with Crippen molar-refractivity contribution in [1.82, 2.24) is 4.98 Å². The maximum Gasteiger partial charge on any atom is 0.181 e. The van der Waals surface area contributed by atoms with Crippen molar-refractivity contribution in [3.05, 3.63) is 87.4 Å². The average molecular weight is 436 g/mol. The molecule has 1 atom stereocenters. The second kappa shape index (κ2) is 7.74. The predicted molar refractivity (Wildman–Crippen MR) is 105 cm³/mol. The molecule has 6 heteroatoms. The van der Waals surface area contributed by atoms with E-state index in [0.29, 0.717) is 17.9 Å². The lowest BCUT2D eigenvalue weighted by Gasteiger charge is -2.29. The summed E-state index contributed by atoms with van der Waals surface area (Å²) in [4.78, 5) is 4.36. The van der Waals surface area contributed by atoms with Crippen molar-refractivity contribution < 1.29 is 9.13 Å². The van der Waals surface area contributed by atoms with Gasteiger partial charge < -0.3 is 10.5 Å². The second-order valence-electron chi connectivity index (χ2n) is 5.84. The van der Waals surface area contributed by atoms with Gasteiger partial charge in [-0.2, -0.15) is 0 Å². The van der Waals surface area contributed by atoms with Crippen LogP contribution in [0.3, 0.4) is 0 Å². The summed E-state index contributed by atoms with van der Waals surface area (Å²) in [5, 5.41) is 0.178. The van der Waals surface area contributed by atoms with E-state index < -0.39 is 11.4 Å². The molecule has 0 amide bonds. The van der Waals surface area contributed by atoms with Crippen LogP contribution in [0.15, 0.2) is 65.3 Å². The standard InChI is InChI=1S/C20H17BrClFN2O/c1-2-20(24,17-11-8-13(21)12-25-17)15-9-10-16(22)19(18(15)23)26-14-6-4-3-5-7-14/h3-12H,2,24H2,1H3/t20-/m1/s1. The summed E-state index contributed by atoms with van der Waals surface area (Å²) < 4.78 is 21.8. The van der Waals surface area contributed by atoms with Gasteiger partial charge in [0.05, 0.1) is 16.3 Å². The SMILES string of the molecule is CC[C@](N)(c1ccc(Br)cn1)c1ccc(Cl)c(Oc2ccccc2)c1F. The van der Waals surface area contributed by atoms with Gasteiger partial charge in [-0.05, 0) is 52.7 Å². The summed E-state index contributed by atoms with van der Waals surface area (Å²) in [7, 11) is 0. The molecule has 0 unspecified atom stereocenters. The summed E-state index contributed by atoms with van der Waals surface area (Å²) in [6.45, 7) is 1.88. The number of para-hydroxylation sites is 1. The number of halogens is 3. The van der Waals surface area contributed by atoms with E-state index in [-0.39, 0.29) is 16.3 Å². The Morgan fingerprint density at radius 2 is 1.88 bits per heavy atom. The lowest BCUT2D eigenvalue weighted by Crippen LogP contribution is -2.39. The van der Waals surface area contributed by atoms with E-state index in [0.717, 1.165) is 4.47 Å². The second-order valence-corrected chi connectivity index (χ2v) is 7.16. The van der Waals surface area contributed by atoms with Crippen LogP contribution in [0.25, 0.3) is 0 Å². The number of pyridine rings is 1. The van der Waals surface area contributed by atoms with Crippen molar-refractivity contribution in [2.24, 2.45) is 5.73 Å². The van der Waals surface area contributed by atoms with E-state index in [2.05, 4.69) is 20.9 Å². The number of hydrogen-bond donors (Lipinski definition) is 1. The van der Waals surface area contributed by atoms with Gasteiger partial charge in [0.1, 0.15) is 5.75 Å². The number of aromatic nitrogens is 1. The Morgan fingerprint density at radius 3 is 2.50 bits per heavy atom. The molecule has 0 bridgehead atoms. The summed E-state index contributed by atoms with van der Waals surface area (Å²) in [6.07, 6.45) is 2.09. The van der Waals surface area contributed by atoms with Gasteiger partial charge in [0.25, 0.3) is 0 Å². The van der Waals surface area contributed by atoms with Crippen LogP contribution in [-0.4, -0.2) is 4.98 Å². The quantitative estimate of drug-likeness (QED) is 0.531. The van der Waals surface area contributed by atoms with Gasteiger partial charge in [-0.3, -0.25) is 4.98 Å². The predicted octanol–water partition coefficient (Wildman–Crippen LogP) is 6.04. The van der Waals surface area contributed by atoms with Crippen LogP contribution in [0.4, 0.5) is 4.39 Å². The fraction of sp³-hybridized carbons (Fsp3) is 0.150. The molecule has 134 valence electrons. The number of hydrogen-bond acceptors (Lipinski definition) is 3. The minimum atomic E-state index is -1.11. The molecular weight excluding hydrogens is 419 g/mol. The number of nitrogens with zero attached hydrogens (tertiary/aromatic N) is 1. The molecule has 1 aromatic heterocycles. The molecular formula is C20H17BrClFN2O. The third kappa shape index (κ3) is 3.61. The zero-order chi connectivity index (χ0) is 18.7. The van der Waals surface area contributed by atoms with Crippen LogP contribution in [0.1, 0.15) is 24.6 Å². The molecule has 2 N–H and O–H groups in total. The summed E-state index contributed by atoms with van der Waals surface area (Å²) in [6, 6.07) is 15.7. The average Bonchev–Trinajstić information content (AvgIpc) is 2.66. The van der Waals surface area contributed by atoms with Crippen molar-refractivity contribution in [2.45, 2.75) is 18.9 Å². The monoisotopic (exact) mass is 434 g/mol. The van der Waals surface area contributed by atoms with Gasteiger partial charge in [-0.1, -0.05) is 42.8 Å². The molecule has 1 heterocycles. The zero-order valence-corrected chi connectivity index (χ0v) is 16.4. The van der Waals surface area contributed by atoms with Gasteiger partial charge in [0, 0.05) is 16.2 Å². The molecule has 0 fully saturated rings. The molecule has 26 heavy (non-hydrogen) atoms. The summed E-state index contributed by atoms with van der Waals surface area (Å²) in [5.74, 6) is -0.141.